The molecule has 0 aliphatic heterocycles. The van der Waals surface area contributed by atoms with E-state index in [2.05, 4.69) is 10.6 Å². The van der Waals surface area contributed by atoms with Crippen LogP contribution in [0.3, 0.4) is 0 Å². The van der Waals surface area contributed by atoms with Crippen molar-refractivity contribution < 1.29 is 33.8 Å². The third-order valence-corrected chi connectivity index (χ3v) is 7.00. The Balaban J connectivity index is 2.62. The zero-order valence-electron chi connectivity index (χ0n) is 26.7. The molecule has 2 rings (SSSR count). The van der Waals surface area contributed by atoms with Crippen LogP contribution in [0.2, 0.25) is 0 Å². The lowest BCUT2D eigenvalue weighted by Crippen LogP contribution is -2.60. The molecule has 0 radical (unpaired) electrons. The number of rotatable bonds is 13. The number of hydrogen-bond acceptors (Lipinski definition) is 7. The standard InChI is InChI=1S/C33H47N3O7/c1-9-33(7,8)36(30(40)25(21-23-14-12-11-13-15-23)35-31(41)43-32(4,5)6)28(24-16-17-26(37)22(3)20-24)29(39)34-19-18-27(38)42-10-2/h11-17,20,25,28,37H,9-10,18-19,21H2,1-8H3,(H,34,39)(H,35,41). The first kappa shape index (κ1) is 35.1. The van der Waals surface area contributed by atoms with Gasteiger partial charge in [-0.15, -0.1) is 0 Å². The summed E-state index contributed by atoms with van der Waals surface area (Å²) in [6.07, 6.45) is -0.163. The lowest BCUT2D eigenvalue weighted by molar-refractivity contribution is -0.149. The van der Waals surface area contributed by atoms with E-state index in [0.717, 1.165) is 5.56 Å². The molecule has 0 saturated carbocycles. The first-order valence-corrected chi connectivity index (χ1v) is 14.7. The Bertz CT molecular complexity index is 1250. The number of alkyl carbamates (subject to hydrolysis) is 1. The van der Waals surface area contributed by atoms with Gasteiger partial charge in [0.25, 0.3) is 0 Å². The normalized spacial score (nSPS) is 12.9. The molecular weight excluding hydrogens is 550 g/mol. The summed E-state index contributed by atoms with van der Waals surface area (Å²) in [5, 5.41) is 15.8. The molecule has 0 fully saturated rings. The topological polar surface area (TPSA) is 134 Å². The minimum atomic E-state index is -1.15. The van der Waals surface area contributed by atoms with E-state index in [9.17, 15) is 24.3 Å². The smallest absolute Gasteiger partial charge is 0.408 e. The molecule has 2 atom stereocenters. The number of aryl methyl sites for hydroxylation is 1. The van der Waals surface area contributed by atoms with Gasteiger partial charge in [0.2, 0.25) is 11.8 Å². The average Bonchev–Trinajstić information content (AvgIpc) is 2.92. The van der Waals surface area contributed by atoms with Crippen molar-refractivity contribution in [1.82, 2.24) is 15.5 Å². The molecular formula is C33H47N3O7. The molecule has 0 aromatic heterocycles. The highest BCUT2D eigenvalue weighted by Crippen LogP contribution is 2.34. The van der Waals surface area contributed by atoms with Gasteiger partial charge in [0.15, 0.2) is 0 Å². The molecule has 0 bridgehead atoms. The van der Waals surface area contributed by atoms with Gasteiger partial charge in [-0.25, -0.2) is 4.79 Å². The van der Waals surface area contributed by atoms with Crippen molar-refractivity contribution in [3.8, 4) is 5.75 Å². The minimum Gasteiger partial charge on any atom is -0.508 e. The summed E-state index contributed by atoms with van der Waals surface area (Å²) in [5.74, 6) is -1.41. The maximum Gasteiger partial charge on any atom is 0.408 e. The van der Waals surface area contributed by atoms with Gasteiger partial charge < -0.3 is 30.1 Å². The summed E-state index contributed by atoms with van der Waals surface area (Å²) in [4.78, 5) is 55.0. The van der Waals surface area contributed by atoms with Crippen LogP contribution < -0.4 is 10.6 Å². The van der Waals surface area contributed by atoms with Crippen LogP contribution in [0.4, 0.5) is 4.79 Å². The molecule has 2 aromatic rings. The number of carbonyl (C=O) groups excluding carboxylic acids is 4. The molecule has 0 aliphatic carbocycles. The third-order valence-electron chi connectivity index (χ3n) is 7.00. The number of amides is 3. The summed E-state index contributed by atoms with van der Waals surface area (Å²) in [7, 11) is 0. The van der Waals surface area contributed by atoms with Crippen LogP contribution in [0.5, 0.6) is 5.75 Å². The summed E-state index contributed by atoms with van der Waals surface area (Å²) in [6, 6.07) is 11.8. The number of phenols is 1. The van der Waals surface area contributed by atoms with Gasteiger partial charge in [0, 0.05) is 18.5 Å². The van der Waals surface area contributed by atoms with E-state index < -0.39 is 47.1 Å². The minimum absolute atomic E-state index is 0.00339. The maximum atomic E-state index is 14.6. The summed E-state index contributed by atoms with van der Waals surface area (Å²) in [6.45, 7) is 14.4. The van der Waals surface area contributed by atoms with Crippen LogP contribution in [0.1, 0.15) is 84.0 Å². The fraction of sp³-hybridized carbons (Fsp3) is 0.515. The van der Waals surface area contributed by atoms with Crippen LogP contribution in [-0.4, -0.2) is 64.2 Å². The second-order valence-corrected chi connectivity index (χ2v) is 12.1. The number of nitrogens with one attached hydrogen (secondary N) is 2. The second-order valence-electron chi connectivity index (χ2n) is 12.1. The Morgan fingerprint density at radius 1 is 0.977 bits per heavy atom. The number of nitrogens with zero attached hydrogens (tertiary/aromatic N) is 1. The first-order chi connectivity index (χ1) is 20.1. The first-order valence-electron chi connectivity index (χ1n) is 14.7. The Labute approximate surface area is 255 Å². The van der Waals surface area contributed by atoms with Crippen LogP contribution in [0, 0.1) is 6.92 Å². The van der Waals surface area contributed by atoms with Crippen molar-refractivity contribution >= 4 is 23.9 Å². The molecule has 43 heavy (non-hydrogen) atoms. The highest BCUT2D eigenvalue weighted by Gasteiger charge is 2.43. The van der Waals surface area contributed by atoms with Gasteiger partial charge in [-0.2, -0.15) is 0 Å². The highest BCUT2D eigenvalue weighted by molar-refractivity contribution is 5.93. The molecule has 10 nitrogen and oxygen atoms in total. The van der Waals surface area contributed by atoms with Crippen LogP contribution in [0.15, 0.2) is 48.5 Å². The molecule has 3 amide bonds. The van der Waals surface area contributed by atoms with E-state index in [1.165, 1.54) is 11.0 Å². The second kappa shape index (κ2) is 15.4. The van der Waals surface area contributed by atoms with Gasteiger partial charge in [0.05, 0.1) is 13.0 Å². The van der Waals surface area contributed by atoms with E-state index in [1.54, 1.807) is 46.8 Å². The summed E-state index contributed by atoms with van der Waals surface area (Å²) >= 11 is 0. The zero-order valence-corrected chi connectivity index (χ0v) is 26.7. The quantitative estimate of drug-likeness (QED) is 0.278. The highest BCUT2D eigenvalue weighted by atomic mass is 16.6. The SMILES string of the molecule is CCOC(=O)CCNC(=O)C(c1ccc(O)c(C)c1)N(C(=O)C(Cc1ccccc1)NC(=O)OC(C)(C)C)C(C)(C)CC. The van der Waals surface area contributed by atoms with Gasteiger partial charge in [-0.1, -0.05) is 43.3 Å². The van der Waals surface area contributed by atoms with Gasteiger partial charge in [-0.05, 0) is 83.7 Å². The summed E-state index contributed by atoms with van der Waals surface area (Å²) < 4.78 is 10.5. The number of esters is 1. The maximum absolute atomic E-state index is 14.6. The predicted molar refractivity (Wildman–Crippen MR) is 164 cm³/mol. The largest absolute Gasteiger partial charge is 0.508 e. The lowest BCUT2D eigenvalue weighted by Gasteiger charge is -2.44. The summed E-state index contributed by atoms with van der Waals surface area (Å²) in [5.41, 5.74) is 0.141. The van der Waals surface area contributed by atoms with Crippen molar-refractivity contribution in [3.63, 3.8) is 0 Å². The van der Waals surface area contributed by atoms with Crippen molar-refractivity contribution in [1.29, 1.82) is 0 Å². The van der Waals surface area contributed by atoms with Crippen molar-refractivity contribution in [2.45, 2.75) is 97.9 Å². The molecule has 2 unspecified atom stereocenters. The Morgan fingerprint density at radius 2 is 1.63 bits per heavy atom. The van der Waals surface area contributed by atoms with E-state index in [1.807, 2.05) is 51.1 Å². The number of aromatic hydroxyl groups is 1. The predicted octanol–water partition coefficient (Wildman–Crippen LogP) is 4.96. The Hall–Kier alpha value is -4.08. The van der Waals surface area contributed by atoms with Crippen molar-refractivity contribution in [2.75, 3.05) is 13.2 Å². The Kier molecular flexibility index (Phi) is 12.6. The molecule has 0 heterocycles. The third kappa shape index (κ3) is 10.6. The van der Waals surface area contributed by atoms with Gasteiger partial charge >= 0.3 is 12.1 Å². The monoisotopic (exact) mass is 597 g/mol. The van der Waals surface area contributed by atoms with E-state index >= 15 is 0 Å². The zero-order chi connectivity index (χ0) is 32.4. The fourth-order valence-electron chi connectivity index (χ4n) is 4.50. The molecule has 236 valence electrons. The average molecular weight is 598 g/mol. The number of ether oxygens (including phenoxy) is 2. The van der Waals surface area contributed by atoms with Crippen LogP contribution >= 0.6 is 0 Å². The molecule has 0 saturated heterocycles. The van der Waals surface area contributed by atoms with E-state index in [4.69, 9.17) is 9.47 Å². The number of hydrogen-bond donors (Lipinski definition) is 3. The number of carbonyl (C=O) groups is 4. The van der Waals surface area contributed by atoms with E-state index in [0.29, 0.717) is 17.5 Å². The van der Waals surface area contributed by atoms with Gasteiger partial charge in [0.1, 0.15) is 23.4 Å². The Morgan fingerprint density at radius 3 is 2.19 bits per heavy atom. The molecule has 0 spiro atoms. The number of benzene rings is 2. The van der Waals surface area contributed by atoms with Crippen LogP contribution in [-0.2, 0) is 30.3 Å². The molecule has 0 aliphatic rings. The molecule has 2 aromatic carbocycles. The molecule has 10 heteroatoms. The van der Waals surface area contributed by atoms with Gasteiger partial charge in [-0.3, -0.25) is 14.4 Å². The molecule has 3 N–H and O–H groups in total. The van der Waals surface area contributed by atoms with Crippen molar-refractivity contribution in [3.05, 3.63) is 65.2 Å². The fourth-order valence-corrected chi connectivity index (χ4v) is 4.50. The number of phenolic OH excluding ortho intramolecular Hbond substituents is 1. The lowest BCUT2D eigenvalue weighted by atomic mass is 9.90. The van der Waals surface area contributed by atoms with Crippen molar-refractivity contribution in [2.24, 2.45) is 0 Å². The van der Waals surface area contributed by atoms with Crippen LogP contribution in [0.25, 0.3) is 0 Å². The van der Waals surface area contributed by atoms with E-state index in [-0.39, 0.29) is 31.7 Å².